The minimum atomic E-state index is -0.00946. The van der Waals surface area contributed by atoms with Crippen molar-refractivity contribution in [2.75, 3.05) is 14.2 Å². The van der Waals surface area contributed by atoms with Gasteiger partial charge in [0.05, 0.1) is 20.8 Å². The summed E-state index contributed by atoms with van der Waals surface area (Å²) in [6.45, 7) is 0.449. The Morgan fingerprint density at radius 3 is 2.48 bits per heavy atom. The highest BCUT2D eigenvalue weighted by molar-refractivity contribution is 9.10. The molecule has 1 heterocycles. The average Bonchev–Trinajstić information content (AvgIpc) is 2.58. The van der Waals surface area contributed by atoms with Crippen LogP contribution < -0.4 is 15.0 Å². The monoisotopic (exact) mass is 373 g/mol. The zero-order chi connectivity index (χ0) is 16.4. The maximum absolute atomic E-state index is 12.6. The van der Waals surface area contributed by atoms with Gasteiger partial charge in [0.15, 0.2) is 11.5 Å². The number of aromatic nitrogens is 1. The number of halogens is 1. The first-order valence-corrected chi connectivity index (χ1v) is 7.92. The van der Waals surface area contributed by atoms with Crippen molar-refractivity contribution in [3.8, 4) is 11.5 Å². The van der Waals surface area contributed by atoms with Crippen LogP contribution in [0.5, 0.6) is 11.5 Å². The Labute approximate surface area is 142 Å². The van der Waals surface area contributed by atoms with Gasteiger partial charge < -0.3 is 14.0 Å². The summed E-state index contributed by atoms with van der Waals surface area (Å²) >= 11 is 3.53. The van der Waals surface area contributed by atoms with Crippen LogP contribution in [-0.2, 0) is 6.54 Å². The van der Waals surface area contributed by atoms with E-state index in [0.29, 0.717) is 23.4 Å². The van der Waals surface area contributed by atoms with Crippen molar-refractivity contribution in [1.82, 2.24) is 4.57 Å². The van der Waals surface area contributed by atoms with Crippen LogP contribution in [0.2, 0.25) is 0 Å². The van der Waals surface area contributed by atoms with Crippen LogP contribution in [-0.4, -0.2) is 18.8 Å². The van der Waals surface area contributed by atoms with Crippen LogP contribution >= 0.6 is 15.9 Å². The molecule has 0 unspecified atom stereocenters. The van der Waals surface area contributed by atoms with E-state index in [2.05, 4.69) is 15.9 Å². The van der Waals surface area contributed by atoms with E-state index in [1.807, 2.05) is 48.7 Å². The number of hydrogen-bond donors (Lipinski definition) is 0. The van der Waals surface area contributed by atoms with Gasteiger partial charge in [-0.15, -0.1) is 0 Å². The van der Waals surface area contributed by atoms with E-state index in [0.717, 1.165) is 15.4 Å². The third-order valence-corrected chi connectivity index (χ3v) is 4.52. The summed E-state index contributed by atoms with van der Waals surface area (Å²) in [6.07, 6.45) is 1.81. The first-order chi connectivity index (χ1) is 11.1. The standard InChI is InChI=1S/C18H16BrNO3/c1-22-16-9-13(15(19)10-17(16)23-2)11-20-8-7-12-5-3-4-6-14(12)18(20)21/h3-10H,11H2,1-2H3. The smallest absolute Gasteiger partial charge is 0.258 e. The molecule has 5 heteroatoms. The van der Waals surface area contributed by atoms with Gasteiger partial charge in [-0.3, -0.25) is 4.79 Å². The minimum Gasteiger partial charge on any atom is -0.493 e. The van der Waals surface area contributed by atoms with E-state index >= 15 is 0 Å². The lowest BCUT2D eigenvalue weighted by molar-refractivity contribution is 0.354. The molecule has 0 radical (unpaired) electrons. The van der Waals surface area contributed by atoms with Gasteiger partial charge in [-0.2, -0.15) is 0 Å². The molecule has 3 aromatic rings. The minimum absolute atomic E-state index is 0.00946. The molecule has 0 saturated carbocycles. The molecular weight excluding hydrogens is 358 g/mol. The molecule has 3 rings (SSSR count). The number of nitrogens with zero attached hydrogens (tertiary/aromatic N) is 1. The fraction of sp³-hybridized carbons (Fsp3) is 0.167. The van der Waals surface area contributed by atoms with Gasteiger partial charge in [-0.05, 0) is 35.2 Å². The van der Waals surface area contributed by atoms with Crippen molar-refractivity contribution in [1.29, 1.82) is 0 Å². The number of pyridine rings is 1. The summed E-state index contributed by atoms with van der Waals surface area (Å²) in [5.41, 5.74) is 0.935. The van der Waals surface area contributed by atoms with Crippen molar-refractivity contribution < 1.29 is 9.47 Å². The summed E-state index contributed by atoms with van der Waals surface area (Å²) < 4.78 is 13.2. The third-order valence-electron chi connectivity index (χ3n) is 3.78. The van der Waals surface area contributed by atoms with Gasteiger partial charge >= 0.3 is 0 Å². The highest BCUT2D eigenvalue weighted by Gasteiger charge is 2.11. The summed E-state index contributed by atoms with van der Waals surface area (Å²) in [5.74, 6) is 1.29. The van der Waals surface area contributed by atoms with Crippen LogP contribution in [0.25, 0.3) is 10.8 Å². The molecular formula is C18H16BrNO3. The predicted octanol–water partition coefficient (Wildman–Crippen LogP) is 3.83. The molecule has 0 fully saturated rings. The topological polar surface area (TPSA) is 40.5 Å². The van der Waals surface area contributed by atoms with E-state index in [4.69, 9.17) is 9.47 Å². The Hall–Kier alpha value is -2.27. The van der Waals surface area contributed by atoms with Crippen LogP contribution in [0, 0.1) is 0 Å². The van der Waals surface area contributed by atoms with Gasteiger partial charge in [0.25, 0.3) is 5.56 Å². The van der Waals surface area contributed by atoms with Crippen molar-refractivity contribution >= 4 is 26.7 Å². The number of rotatable bonds is 4. The fourth-order valence-corrected chi connectivity index (χ4v) is 3.00. The molecule has 4 nitrogen and oxygen atoms in total. The molecule has 0 aliphatic rings. The molecule has 1 aromatic heterocycles. The highest BCUT2D eigenvalue weighted by Crippen LogP contribution is 2.33. The molecule has 0 saturated heterocycles. The Morgan fingerprint density at radius 1 is 1.04 bits per heavy atom. The van der Waals surface area contributed by atoms with Gasteiger partial charge in [0, 0.05) is 16.1 Å². The van der Waals surface area contributed by atoms with E-state index in [-0.39, 0.29) is 5.56 Å². The molecule has 0 aliphatic carbocycles. The van der Waals surface area contributed by atoms with E-state index in [1.165, 1.54) is 0 Å². The number of ether oxygens (including phenoxy) is 2. The van der Waals surface area contributed by atoms with Crippen molar-refractivity contribution in [2.45, 2.75) is 6.54 Å². The van der Waals surface area contributed by atoms with E-state index in [9.17, 15) is 4.79 Å². The third kappa shape index (κ3) is 2.97. The summed E-state index contributed by atoms with van der Waals surface area (Å²) in [6, 6.07) is 13.3. The molecule has 118 valence electrons. The van der Waals surface area contributed by atoms with Crippen molar-refractivity contribution in [3.05, 3.63) is 69.1 Å². The number of benzene rings is 2. The summed E-state index contributed by atoms with van der Waals surface area (Å²) in [7, 11) is 3.19. The normalized spacial score (nSPS) is 10.7. The maximum Gasteiger partial charge on any atom is 0.258 e. The first kappa shape index (κ1) is 15.6. The largest absolute Gasteiger partial charge is 0.493 e. The Kier molecular flexibility index (Phi) is 4.39. The SMILES string of the molecule is COc1cc(Br)c(Cn2ccc3ccccc3c2=O)cc1OC. The first-order valence-electron chi connectivity index (χ1n) is 7.12. The Morgan fingerprint density at radius 2 is 1.74 bits per heavy atom. The van der Waals surface area contributed by atoms with Gasteiger partial charge in [0.2, 0.25) is 0 Å². The lowest BCUT2D eigenvalue weighted by Crippen LogP contribution is -2.20. The maximum atomic E-state index is 12.6. The highest BCUT2D eigenvalue weighted by atomic mass is 79.9. The van der Waals surface area contributed by atoms with Crippen molar-refractivity contribution in [3.63, 3.8) is 0 Å². The number of methoxy groups -OCH3 is 2. The fourth-order valence-electron chi connectivity index (χ4n) is 2.56. The average molecular weight is 374 g/mol. The second-order valence-electron chi connectivity index (χ2n) is 5.13. The molecule has 0 N–H and O–H groups in total. The quantitative estimate of drug-likeness (QED) is 0.697. The zero-order valence-corrected chi connectivity index (χ0v) is 14.5. The van der Waals surface area contributed by atoms with E-state index < -0.39 is 0 Å². The second kappa shape index (κ2) is 6.46. The van der Waals surface area contributed by atoms with Gasteiger partial charge in [-0.1, -0.05) is 34.1 Å². The van der Waals surface area contributed by atoms with Crippen LogP contribution in [0.4, 0.5) is 0 Å². The van der Waals surface area contributed by atoms with Gasteiger partial charge in [-0.25, -0.2) is 0 Å². The van der Waals surface area contributed by atoms with Gasteiger partial charge in [0.1, 0.15) is 0 Å². The molecule has 0 spiro atoms. The molecule has 23 heavy (non-hydrogen) atoms. The molecule has 2 aromatic carbocycles. The van der Waals surface area contributed by atoms with Crippen LogP contribution in [0.15, 0.2) is 57.9 Å². The zero-order valence-electron chi connectivity index (χ0n) is 12.9. The number of hydrogen-bond acceptors (Lipinski definition) is 3. The Bertz CT molecular complexity index is 918. The molecule has 0 atom stereocenters. The summed E-state index contributed by atoms with van der Waals surface area (Å²) in [4.78, 5) is 12.6. The molecule has 0 bridgehead atoms. The number of fused-ring (bicyclic) bond motifs is 1. The predicted molar refractivity (Wildman–Crippen MR) is 94.6 cm³/mol. The lowest BCUT2D eigenvalue weighted by atomic mass is 10.1. The lowest BCUT2D eigenvalue weighted by Gasteiger charge is -2.13. The second-order valence-corrected chi connectivity index (χ2v) is 5.99. The van der Waals surface area contributed by atoms with Crippen LogP contribution in [0.3, 0.4) is 0 Å². The summed E-state index contributed by atoms with van der Waals surface area (Å²) in [5, 5.41) is 1.66. The molecule has 0 amide bonds. The van der Waals surface area contributed by atoms with Crippen molar-refractivity contribution in [2.24, 2.45) is 0 Å². The Balaban J connectivity index is 2.06. The van der Waals surface area contributed by atoms with Crippen LogP contribution in [0.1, 0.15) is 5.56 Å². The van der Waals surface area contributed by atoms with E-state index in [1.54, 1.807) is 18.8 Å². The molecule has 0 aliphatic heterocycles.